The van der Waals surface area contributed by atoms with Crippen molar-refractivity contribution < 1.29 is 4.74 Å². The van der Waals surface area contributed by atoms with E-state index in [1.165, 1.54) is 12.4 Å². The predicted molar refractivity (Wildman–Crippen MR) is 41.0 cm³/mol. The molecule has 3 N–H and O–H groups in total. The second-order valence-corrected chi connectivity index (χ2v) is 1.82. The molecule has 5 heteroatoms. The Morgan fingerprint density at radius 3 is 2.82 bits per heavy atom. The van der Waals surface area contributed by atoms with Gasteiger partial charge in [0.15, 0.2) is 5.82 Å². The second-order valence-electron chi connectivity index (χ2n) is 1.82. The first kappa shape index (κ1) is 7.74. The Labute approximate surface area is 64.6 Å². The van der Waals surface area contributed by atoms with Gasteiger partial charge in [0.05, 0.1) is 19.0 Å². The molecule has 0 amide bonds. The first-order valence-corrected chi connectivity index (χ1v) is 3.28. The molecule has 1 rings (SSSR count). The van der Waals surface area contributed by atoms with Crippen molar-refractivity contribution in [3.8, 4) is 5.88 Å². The van der Waals surface area contributed by atoms with Gasteiger partial charge >= 0.3 is 0 Å². The van der Waals surface area contributed by atoms with Crippen molar-refractivity contribution in [3.05, 3.63) is 12.4 Å². The summed E-state index contributed by atoms with van der Waals surface area (Å²) in [4.78, 5) is 7.80. The fraction of sp³-hybridized carbons (Fsp3) is 0.333. The van der Waals surface area contributed by atoms with Gasteiger partial charge in [-0.25, -0.2) is 15.8 Å². The molecule has 0 aliphatic heterocycles. The number of rotatable bonds is 3. The number of hydrazine groups is 1. The number of hydrogen-bond donors (Lipinski definition) is 2. The smallest absolute Gasteiger partial charge is 0.232 e. The third-order valence-corrected chi connectivity index (χ3v) is 1.07. The maximum atomic E-state index is 5.08. The van der Waals surface area contributed by atoms with Crippen LogP contribution in [0.15, 0.2) is 12.4 Å². The fourth-order valence-corrected chi connectivity index (χ4v) is 0.613. The van der Waals surface area contributed by atoms with Gasteiger partial charge < -0.3 is 10.2 Å². The molecule has 5 nitrogen and oxygen atoms in total. The number of hydrogen-bond acceptors (Lipinski definition) is 5. The van der Waals surface area contributed by atoms with E-state index in [0.29, 0.717) is 18.3 Å². The highest BCUT2D eigenvalue weighted by Gasteiger charge is 1.93. The summed E-state index contributed by atoms with van der Waals surface area (Å²) in [7, 11) is 0. The van der Waals surface area contributed by atoms with Crippen LogP contribution in [0.25, 0.3) is 0 Å². The van der Waals surface area contributed by atoms with Gasteiger partial charge in [0, 0.05) is 0 Å². The molecular formula is C6H10N4O. The van der Waals surface area contributed by atoms with Crippen LogP contribution >= 0.6 is 0 Å². The minimum Gasteiger partial charge on any atom is -0.477 e. The molecule has 1 aromatic heterocycles. The van der Waals surface area contributed by atoms with E-state index in [2.05, 4.69) is 15.4 Å². The van der Waals surface area contributed by atoms with E-state index in [4.69, 9.17) is 10.6 Å². The molecule has 1 heterocycles. The minimum absolute atomic E-state index is 0.506. The van der Waals surface area contributed by atoms with Crippen molar-refractivity contribution in [1.82, 2.24) is 9.97 Å². The fourth-order valence-electron chi connectivity index (χ4n) is 0.613. The lowest BCUT2D eigenvalue weighted by molar-refractivity contribution is 0.325. The minimum atomic E-state index is 0.506. The van der Waals surface area contributed by atoms with Gasteiger partial charge in [-0.15, -0.1) is 0 Å². The van der Waals surface area contributed by atoms with E-state index >= 15 is 0 Å². The molecule has 0 saturated heterocycles. The summed E-state index contributed by atoms with van der Waals surface area (Å²) in [6.45, 7) is 2.47. The summed E-state index contributed by atoms with van der Waals surface area (Å²) in [5.41, 5.74) is 2.37. The van der Waals surface area contributed by atoms with Crippen molar-refractivity contribution in [2.75, 3.05) is 12.0 Å². The second kappa shape index (κ2) is 3.72. The number of nitrogens with one attached hydrogen (secondary N) is 1. The Morgan fingerprint density at radius 1 is 1.55 bits per heavy atom. The molecule has 1 aromatic rings. The van der Waals surface area contributed by atoms with Gasteiger partial charge in [0.25, 0.3) is 0 Å². The van der Waals surface area contributed by atoms with Crippen LogP contribution in [0.3, 0.4) is 0 Å². The summed E-state index contributed by atoms with van der Waals surface area (Å²) in [6.07, 6.45) is 3.02. The molecule has 0 bridgehead atoms. The average molecular weight is 154 g/mol. The van der Waals surface area contributed by atoms with Crippen molar-refractivity contribution in [2.45, 2.75) is 6.92 Å². The highest BCUT2D eigenvalue weighted by molar-refractivity contribution is 5.29. The molecule has 0 radical (unpaired) electrons. The lowest BCUT2D eigenvalue weighted by Crippen LogP contribution is -2.08. The van der Waals surface area contributed by atoms with Crippen molar-refractivity contribution >= 4 is 5.82 Å². The molecule has 0 aliphatic carbocycles. The topological polar surface area (TPSA) is 73.1 Å². The van der Waals surface area contributed by atoms with Crippen LogP contribution in [0.2, 0.25) is 0 Å². The monoisotopic (exact) mass is 154 g/mol. The summed E-state index contributed by atoms with van der Waals surface area (Å²) < 4.78 is 5.06. The summed E-state index contributed by atoms with van der Waals surface area (Å²) in [5.74, 6) is 6.11. The number of ether oxygens (including phenoxy) is 1. The number of nitrogens with two attached hydrogens (primary N) is 1. The molecule has 11 heavy (non-hydrogen) atoms. The molecule has 0 saturated carbocycles. The van der Waals surface area contributed by atoms with Crippen molar-refractivity contribution in [1.29, 1.82) is 0 Å². The maximum absolute atomic E-state index is 5.08. The van der Waals surface area contributed by atoms with Crippen LogP contribution in [0.5, 0.6) is 5.88 Å². The largest absolute Gasteiger partial charge is 0.477 e. The highest BCUT2D eigenvalue weighted by atomic mass is 16.5. The van der Waals surface area contributed by atoms with Crippen molar-refractivity contribution in [2.24, 2.45) is 5.84 Å². The van der Waals surface area contributed by atoms with Crippen LogP contribution in [-0.4, -0.2) is 16.6 Å². The standard InChI is InChI=1S/C6H10N4O/c1-2-11-6-4-8-5(10-7)3-9-6/h3-4H,2,7H2,1H3,(H,8,10). The quantitative estimate of drug-likeness (QED) is 0.479. The number of anilines is 1. The number of nitrogens with zero attached hydrogens (tertiary/aromatic N) is 2. The Bertz CT molecular complexity index is 210. The van der Waals surface area contributed by atoms with Crippen molar-refractivity contribution in [3.63, 3.8) is 0 Å². The third-order valence-electron chi connectivity index (χ3n) is 1.07. The van der Waals surface area contributed by atoms with Crippen LogP contribution < -0.4 is 16.0 Å². The van der Waals surface area contributed by atoms with E-state index in [9.17, 15) is 0 Å². The zero-order chi connectivity index (χ0) is 8.10. The van der Waals surface area contributed by atoms with Crippen LogP contribution in [0, 0.1) is 0 Å². The number of aromatic nitrogens is 2. The molecule has 0 spiro atoms. The maximum Gasteiger partial charge on any atom is 0.232 e. The van der Waals surface area contributed by atoms with Gasteiger partial charge in [-0.05, 0) is 6.92 Å². The molecule has 0 aliphatic rings. The average Bonchev–Trinajstić information content (AvgIpc) is 2.07. The number of nitrogen functional groups attached to an aromatic ring is 1. The van der Waals surface area contributed by atoms with E-state index in [1.807, 2.05) is 6.92 Å². The Morgan fingerprint density at radius 2 is 2.36 bits per heavy atom. The van der Waals surface area contributed by atoms with E-state index in [-0.39, 0.29) is 0 Å². The van der Waals surface area contributed by atoms with Crippen LogP contribution in [0.4, 0.5) is 5.82 Å². The predicted octanol–water partition coefficient (Wildman–Crippen LogP) is 0.161. The van der Waals surface area contributed by atoms with Crippen LogP contribution in [0.1, 0.15) is 6.92 Å². The SMILES string of the molecule is CCOc1cnc(NN)cn1. The summed E-state index contributed by atoms with van der Waals surface area (Å²) in [6, 6.07) is 0. The first-order chi connectivity index (χ1) is 5.36. The van der Waals surface area contributed by atoms with E-state index < -0.39 is 0 Å². The van der Waals surface area contributed by atoms with E-state index in [1.54, 1.807) is 0 Å². The third kappa shape index (κ3) is 2.05. The lowest BCUT2D eigenvalue weighted by atomic mass is 10.6. The first-order valence-electron chi connectivity index (χ1n) is 3.28. The lowest BCUT2D eigenvalue weighted by Gasteiger charge is -2.01. The molecule has 0 aromatic carbocycles. The van der Waals surface area contributed by atoms with Gasteiger partial charge in [-0.1, -0.05) is 0 Å². The normalized spacial score (nSPS) is 9.27. The van der Waals surface area contributed by atoms with Gasteiger partial charge in [-0.2, -0.15) is 0 Å². The highest BCUT2D eigenvalue weighted by Crippen LogP contribution is 2.05. The molecular weight excluding hydrogens is 144 g/mol. The summed E-state index contributed by atoms with van der Waals surface area (Å²) >= 11 is 0. The Hall–Kier alpha value is -1.36. The van der Waals surface area contributed by atoms with Crippen LogP contribution in [-0.2, 0) is 0 Å². The van der Waals surface area contributed by atoms with E-state index in [0.717, 1.165) is 0 Å². The summed E-state index contributed by atoms with van der Waals surface area (Å²) in [5, 5.41) is 0. The molecule has 0 unspecified atom stereocenters. The Balaban J connectivity index is 2.66. The zero-order valence-corrected chi connectivity index (χ0v) is 6.24. The molecule has 60 valence electrons. The molecule has 0 fully saturated rings. The zero-order valence-electron chi connectivity index (χ0n) is 6.24. The van der Waals surface area contributed by atoms with Gasteiger partial charge in [0.2, 0.25) is 5.88 Å². The molecule has 0 atom stereocenters. The Kier molecular flexibility index (Phi) is 2.62. The van der Waals surface area contributed by atoms with Gasteiger partial charge in [-0.3, -0.25) is 0 Å². The van der Waals surface area contributed by atoms with Gasteiger partial charge in [0.1, 0.15) is 0 Å².